The number of halogens is 2. The van der Waals surface area contributed by atoms with Crippen LogP contribution in [0.2, 0.25) is 10.0 Å². The van der Waals surface area contributed by atoms with Gasteiger partial charge < -0.3 is 5.32 Å². The number of hydrogen-bond donors (Lipinski definition) is 1. The Bertz CT molecular complexity index is 859. The zero-order valence-electron chi connectivity index (χ0n) is 12.1. The minimum absolute atomic E-state index is 0.296. The summed E-state index contributed by atoms with van der Waals surface area (Å²) in [5, 5.41) is 11.5. The number of carbonyl (C=O) groups excluding carboxylic acids is 1. The lowest BCUT2D eigenvalue weighted by molar-refractivity contribution is 0.101. The van der Waals surface area contributed by atoms with Crippen molar-refractivity contribution in [2.45, 2.75) is 0 Å². The lowest BCUT2D eigenvalue weighted by atomic mass is 10.0. The van der Waals surface area contributed by atoms with E-state index in [2.05, 4.69) is 15.6 Å². The first-order valence-corrected chi connectivity index (χ1v) is 7.52. The summed E-state index contributed by atoms with van der Waals surface area (Å²) in [7, 11) is 1.66. The molecular formula is C16H12Cl2N4O. The smallest absolute Gasteiger partial charge is 0.275 e. The van der Waals surface area contributed by atoms with E-state index >= 15 is 0 Å². The molecule has 3 rings (SSSR count). The first kappa shape index (κ1) is 15.5. The van der Waals surface area contributed by atoms with Crippen molar-refractivity contribution in [3.05, 3.63) is 64.4 Å². The summed E-state index contributed by atoms with van der Waals surface area (Å²) in [5.41, 5.74) is 2.71. The van der Waals surface area contributed by atoms with E-state index in [1.807, 2.05) is 12.1 Å². The summed E-state index contributed by atoms with van der Waals surface area (Å²) in [6.07, 6.45) is 1.41. The van der Waals surface area contributed by atoms with E-state index in [-0.39, 0.29) is 5.91 Å². The Morgan fingerprint density at radius 1 is 1.09 bits per heavy atom. The van der Waals surface area contributed by atoms with E-state index in [1.165, 1.54) is 10.9 Å². The van der Waals surface area contributed by atoms with Crippen LogP contribution >= 0.6 is 23.2 Å². The molecule has 0 bridgehead atoms. The van der Waals surface area contributed by atoms with Gasteiger partial charge in [0.2, 0.25) is 0 Å². The van der Waals surface area contributed by atoms with Crippen LogP contribution in [0.4, 0.5) is 5.69 Å². The van der Waals surface area contributed by atoms with Gasteiger partial charge in [0.25, 0.3) is 5.91 Å². The highest BCUT2D eigenvalue weighted by molar-refractivity contribution is 6.31. The molecule has 3 aromatic rings. The fourth-order valence-electron chi connectivity index (χ4n) is 2.18. The van der Waals surface area contributed by atoms with E-state index in [9.17, 15) is 4.79 Å². The quantitative estimate of drug-likeness (QED) is 0.778. The van der Waals surface area contributed by atoms with E-state index in [0.717, 1.165) is 11.1 Å². The highest BCUT2D eigenvalue weighted by Crippen LogP contribution is 2.31. The van der Waals surface area contributed by atoms with Crippen molar-refractivity contribution >= 4 is 34.8 Å². The predicted molar refractivity (Wildman–Crippen MR) is 90.9 cm³/mol. The first-order chi connectivity index (χ1) is 11.0. The Morgan fingerprint density at radius 3 is 2.43 bits per heavy atom. The molecule has 0 atom stereocenters. The molecule has 2 aromatic carbocycles. The number of benzene rings is 2. The Kier molecular flexibility index (Phi) is 4.32. The Labute approximate surface area is 142 Å². The fourth-order valence-corrected chi connectivity index (χ4v) is 2.47. The van der Waals surface area contributed by atoms with Crippen LogP contribution in [0.15, 0.2) is 48.7 Å². The second kappa shape index (κ2) is 6.40. The number of carbonyl (C=O) groups is 1. The second-order valence-electron chi connectivity index (χ2n) is 4.89. The molecule has 1 aromatic heterocycles. The zero-order valence-corrected chi connectivity index (χ0v) is 13.6. The van der Waals surface area contributed by atoms with Crippen LogP contribution in [-0.2, 0) is 7.05 Å². The van der Waals surface area contributed by atoms with Crippen LogP contribution in [0.1, 0.15) is 10.5 Å². The van der Waals surface area contributed by atoms with Crippen molar-refractivity contribution in [3.8, 4) is 11.1 Å². The van der Waals surface area contributed by atoms with Gasteiger partial charge in [0.1, 0.15) is 5.69 Å². The molecule has 0 unspecified atom stereocenters. The van der Waals surface area contributed by atoms with Crippen molar-refractivity contribution < 1.29 is 4.79 Å². The van der Waals surface area contributed by atoms with Crippen molar-refractivity contribution in [1.82, 2.24) is 15.0 Å². The molecular weight excluding hydrogens is 335 g/mol. The molecule has 1 amide bonds. The standard InChI is InChI=1S/C16H12Cl2N4O/c1-22-15(9-19-21-22)16(23)20-14-7-6-12(18)8-13(14)10-2-4-11(17)5-3-10/h2-9H,1H3,(H,20,23). The van der Waals surface area contributed by atoms with Crippen molar-refractivity contribution in [3.63, 3.8) is 0 Å². The minimum Gasteiger partial charge on any atom is -0.320 e. The zero-order chi connectivity index (χ0) is 16.4. The Balaban J connectivity index is 1.98. The third-order valence-corrected chi connectivity index (χ3v) is 3.82. The SMILES string of the molecule is Cn1nncc1C(=O)Nc1ccc(Cl)cc1-c1ccc(Cl)cc1. The fraction of sp³-hybridized carbons (Fsp3) is 0.0625. The number of aromatic nitrogens is 3. The molecule has 0 aliphatic carbocycles. The van der Waals surface area contributed by atoms with Gasteiger partial charge in [-0.25, -0.2) is 4.68 Å². The number of rotatable bonds is 3. The second-order valence-corrected chi connectivity index (χ2v) is 5.77. The molecule has 5 nitrogen and oxygen atoms in total. The lowest BCUT2D eigenvalue weighted by Gasteiger charge is -2.12. The third kappa shape index (κ3) is 3.36. The summed E-state index contributed by atoms with van der Waals surface area (Å²) in [6.45, 7) is 0. The van der Waals surface area contributed by atoms with Crippen LogP contribution in [0.3, 0.4) is 0 Å². The Hall–Kier alpha value is -2.37. The predicted octanol–water partition coefficient (Wildman–Crippen LogP) is 4.04. The molecule has 0 radical (unpaired) electrons. The van der Waals surface area contributed by atoms with Gasteiger partial charge in [0.15, 0.2) is 0 Å². The van der Waals surface area contributed by atoms with Crippen molar-refractivity contribution in [2.75, 3.05) is 5.32 Å². The summed E-state index contributed by atoms with van der Waals surface area (Å²) >= 11 is 12.0. The van der Waals surface area contributed by atoms with Gasteiger partial charge in [0, 0.05) is 28.3 Å². The summed E-state index contributed by atoms with van der Waals surface area (Å²) in [4.78, 5) is 12.4. The number of aryl methyl sites for hydroxylation is 1. The molecule has 0 spiro atoms. The van der Waals surface area contributed by atoms with Gasteiger partial charge in [-0.05, 0) is 35.9 Å². The molecule has 1 N–H and O–H groups in total. The number of hydrogen-bond acceptors (Lipinski definition) is 3. The van der Waals surface area contributed by atoms with E-state index < -0.39 is 0 Å². The topological polar surface area (TPSA) is 59.8 Å². The van der Waals surface area contributed by atoms with E-state index in [0.29, 0.717) is 21.4 Å². The van der Waals surface area contributed by atoms with Crippen molar-refractivity contribution in [2.24, 2.45) is 7.05 Å². The summed E-state index contributed by atoms with van der Waals surface area (Å²) in [6, 6.07) is 12.6. The molecule has 0 fully saturated rings. The van der Waals surface area contributed by atoms with Gasteiger partial charge in [-0.1, -0.05) is 40.5 Å². The molecule has 7 heteroatoms. The van der Waals surface area contributed by atoms with Crippen LogP contribution in [-0.4, -0.2) is 20.9 Å². The number of nitrogens with zero attached hydrogens (tertiary/aromatic N) is 3. The van der Waals surface area contributed by atoms with E-state index in [4.69, 9.17) is 23.2 Å². The highest BCUT2D eigenvalue weighted by Gasteiger charge is 2.14. The molecule has 116 valence electrons. The molecule has 23 heavy (non-hydrogen) atoms. The van der Waals surface area contributed by atoms with E-state index in [1.54, 1.807) is 37.4 Å². The summed E-state index contributed by atoms with van der Waals surface area (Å²) < 4.78 is 1.41. The van der Waals surface area contributed by atoms with Crippen LogP contribution < -0.4 is 5.32 Å². The van der Waals surface area contributed by atoms with Gasteiger partial charge >= 0.3 is 0 Å². The van der Waals surface area contributed by atoms with Crippen molar-refractivity contribution in [1.29, 1.82) is 0 Å². The highest BCUT2D eigenvalue weighted by atomic mass is 35.5. The molecule has 1 heterocycles. The molecule has 0 saturated carbocycles. The first-order valence-electron chi connectivity index (χ1n) is 6.76. The monoisotopic (exact) mass is 346 g/mol. The van der Waals surface area contributed by atoms with Gasteiger partial charge in [-0.15, -0.1) is 5.10 Å². The number of anilines is 1. The largest absolute Gasteiger partial charge is 0.320 e. The van der Waals surface area contributed by atoms with Gasteiger partial charge in [-0.2, -0.15) is 0 Å². The van der Waals surface area contributed by atoms with Gasteiger partial charge in [-0.3, -0.25) is 4.79 Å². The normalized spacial score (nSPS) is 10.6. The Morgan fingerprint density at radius 2 is 1.78 bits per heavy atom. The number of nitrogens with one attached hydrogen (secondary N) is 1. The van der Waals surface area contributed by atoms with Crippen LogP contribution in [0.5, 0.6) is 0 Å². The average molecular weight is 347 g/mol. The van der Waals surface area contributed by atoms with Crippen LogP contribution in [0, 0.1) is 0 Å². The molecule has 0 saturated heterocycles. The maximum atomic E-state index is 12.4. The van der Waals surface area contributed by atoms with Gasteiger partial charge in [0.05, 0.1) is 6.20 Å². The third-order valence-electron chi connectivity index (χ3n) is 3.33. The average Bonchev–Trinajstić information content (AvgIpc) is 2.96. The maximum Gasteiger partial charge on any atom is 0.275 e. The lowest BCUT2D eigenvalue weighted by Crippen LogP contribution is -2.16. The number of amides is 1. The molecule has 0 aliphatic heterocycles. The molecule has 0 aliphatic rings. The maximum absolute atomic E-state index is 12.4. The summed E-state index contributed by atoms with van der Waals surface area (Å²) in [5.74, 6) is -0.296. The van der Waals surface area contributed by atoms with Crippen LogP contribution in [0.25, 0.3) is 11.1 Å². The minimum atomic E-state index is -0.296.